The molecule has 41 heavy (non-hydrogen) atoms. The van der Waals surface area contributed by atoms with E-state index in [1.165, 1.54) is 18.4 Å². The molecule has 0 saturated heterocycles. The number of nitrogens with one attached hydrogen (secondary N) is 2. The fourth-order valence-corrected chi connectivity index (χ4v) is 6.61. The lowest BCUT2D eigenvalue weighted by atomic mass is 9.77. The molecule has 11 nitrogen and oxygen atoms in total. The smallest absolute Gasteiger partial charge is 0.414 e. The second-order valence-corrected chi connectivity index (χ2v) is 14.6. The molecule has 0 radical (unpaired) electrons. The molecule has 2 amide bonds. The Hall–Kier alpha value is -2.54. The van der Waals surface area contributed by atoms with Gasteiger partial charge in [0.15, 0.2) is 5.82 Å². The summed E-state index contributed by atoms with van der Waals surface area (Å²) < 4.78 is 15.9. The number of nitrogens with zero attached hydrogens (tertiary/aromatic N) is 5. The first-order valence-electron chi connectivity index (χ1n) is 13.5. The predicted molar refractivity (Wildman–Crippen MR) is 156 cm³/mol. The van der Waals surface area contributed by atoms with Crippen LogP contribution in [-0.4, -0.2) is 70.9 Å². The van der Waals surface area contributed by atoms with Crippen LogP contribution in [0.3, 0.4) is 0 Å². The van der Waals surface area contributed by atoms with E-state index in [1.54, 1.807) is 0 Å². The summed E-state index contributed by atoms with van der Waals surface area (Å²) in [5.74, 6) is 1.79. The molecular weight excluding hydrogens is 613 g/mol. The van der Waals surface area contributed by atoms with Crippen molar-refractivity contribution in [3.63, 3.8) is 0 Å². The largest absolute Gasteiger partial charge is 0.447 e. The van der Waals surface area contributed by atoms with E-state index in [9.17, 15) is 13.8 Å². The van der Waals surface area contributed by atoms with Crippen LogP contribution in [0.4, 0.5) is 16.6 Å². The van der Waals surface area contributed by atoms with Crippen LogP contribution in [0.5, 0.6) is 0 Å². The number of hydrogen-bond acceptors (Lipinski definition) is 10. The van der Waals surface area contributed by atoms with Gasteiger partial charge in [-0.3, -0.25) is 14.3 Å². The molecule has 0 aromatic carbocycles. The van der Waals surface area contributed by atoms with Crippen molar-refractivity contribution >= 4 is 74.9 Å². The van der Waals surface area contributed by atoms with Crippen molar-refractivity contribution in [2.24, 2.45) is 0 Å². The number of alkyl halides is 3. The second-order valence-electron chi connectivity index (χ2n) is 10.8. The van der Waals surface area contributed by atoms with Crippen molar-refractivity contribution in [3.8, 4) is 0 Å². The Balaban J connectivity index is 1.16. The highest BCUT2D eigenvalue weighted by Crippen LogP contribution is 2.40. The molecule has 2 fully saturated rings. The number of anilines is 2. The first-order valence-corrected chi connectivity index (χ1v) is 15.9. The first kappa shape index (κ1) is 28.6. The number of carbonyl (C=O) groups excluding carboxylic acids is 2. The van der Waals surface area contributed by atoms with E-state index >= 15 is 0 Å². The summed E-state index contributed by atoms with van der Waals surface area (Å²) in [5, 5.41) is 5.33. The maximum absolute atomic E-state index is 12.9. The minimum Gasteiger partial charge on any atom is -0.447 e. The number of aryl methyl sites for hydroxylation is 1. The van der Waals surface area contributed by atoms with Gasteiger partial charge in [0, 0.05) is 37.7 Å². The van der Waals surface area contributed by atoms with Crippen molar-refractivity contribution in [2.45, 2.75) is 65.1 Å². The van der Waals surface area contributed by atoms with E-state index in [-0.39, 0.29) is 6.61 Å². The maximum atomic E-state index is 12.9. The number of halogens is 3. The van der Waals surface area contributed by atoms with Gasteiger partial charge in [-0.05, 0) is 55.6 Å². The van der Waals surface area contributed by atoms with Gasteiger partial charge >= 0.3 is 6.09 Å². The van der Waals surface area contributed by atoms with E-state index < -0.39 is 32.1 Å². The number of carbonyl (C=O) groups is 2. The summed E-state index contributed by atoms with van der Waals surface area (Å²) in [4.78, 5) is 45.4. The summed E-state index contributed by atoms with van der Waals surface area (Å²) in [6.45, 7) is 1.23. The van der Waals surface area contributed by atoms with Crippen molar-refractivity contribution in [1.29, 1.82) is 0 Å². The third kappa shape index (κ3) is 6.30. The van der Waals surface area contributed by atoms with Gasteiger partial charge in [0.1, 0.15) is 17.3 Å². The summed E-state index contributed by atoms with van der Waals surface area (Å²) in [6.07, 6.45) is 11.0. The molecule has 2 saturated carbocycles. The van der Waals surface area contributed by atoms with E-state index in [4.69, 9.17) is 49.5 Å². The van der Waals surface area contributed by atoms with Crippen molar-refractivity contribution in [3.05, 3.63) is 35.6 Å². The number of ether oxygens (including phenoxy) is 1. The lowest BCUT2D eigenvalue weighted by Gasteiger charge is -2.42. The lowest BCUT2D eigenvalue weighted by Crippen LogP contribution is -2.51. The molecule has 15 heteroatoms. The second kappa shape index (κ2) is 11.3. The summed E-state index contributed by atoms with van der Waals surface area (Å²) in [7, 11) is -1.24. The van der Waals surface area contributed by atoms with Gasteiger partial charge < -0.3 is 15.0 Å². The molecule has 4 heterocycles. The molecule has 0 bridgehead atoms. The fraction of sp³-hybridized carbons (Fsp3) is 0.538. The zero-order chi connectivity index (χ0) is 28.8. The normalized spacial score (nSPS) is 21.4. The number of alkyl carbamates (subject to hydrolysis) is 1. The molecule has 0 unspecified atom stereocenters. The molecule has 2 aliphatic carbocycles. The Morgan fingerprint density at radius 3 is 2.51 bits per heavy atom. The minimum atomic E-state index is -2.29. The van der Waals surface area contributed by atoms with Crippen LogP contribution < -0.4 is 15.5 Å². The number of hydrogen-bond donors (Lipinski definition) is 2. The minimum absolute atomic E-state index is 0.0535. The molecule has 0 spiro atoms. The predicted octanol–water partition coefficient (Wildman–Crippen LogP) is 4.06. The quantitative estimate of drug-likeness (QED) is 0.426. The molecular formula is C26H28Cl3N7O4S. The van der Waals surface area contributed by atoms with E-state index in [1.807, 2.05) is 17.7 Å². The number of aromatic nitrogens is 4. The Bertz CT molecular complexity index is 1430. The lowest BCUT2D eigenvalue weighted by molar-refractivity contribution is -0.119. The molecule has 4 aliphatic rings. The highest BCUT2D eigenvalue weighted by Gasteiger charge is 2.41. The van der Waals surface area contributed by atoms with Gasteiger partial charge in [0.2, 0.25) is 5.95 Å². The Labute approximate surface area is 254 Å². The van der Waals surface area contributed by atoms with Gasteiger partial charge in [0.25, 0.3) is 9.70 Å². The third-order valence-corrected chi connectivity index (χ3v) is 9.80. The van der Waals surface area contributed by atoms with Crippen LogP contribution in [0.15, 0.2) is 23.4 Å². The van der Waals surface area contributed by atoms with E-state index in [0.29, 0.717) is 60.7 Å². The van der Waals surface area contributed by atoms with E-state index in [0.717, 1.165) is 29.9 Å². The monoisotopic (exact) mass is 639 g/mol. The average molecular weight is 641 g/mol. The molecule has 2 aliphatic heterocycles. The van der Waals surface area contributed by atoms with Crippen LogP contribution in [-0.2, 0) is 26.8 Å². The van der Waals surface area contributed by atoms with Crippen LogP contribution in [0.2, 0.25) is 0 Å². The summed E-state index contributed by atoms with van der Waals surface area (Å²) in [5.41, 5.74) is 2.43. The topological polar surface area (TPSA) is 139 Å². The van der Waals surface area contributed by atoms with Crippen LogP contribution in [0, 0.1) is 0 Å². The van der Waals surface area contributed by atoms with Gasteiger partial charge in [-0.15, -0.1) is 0 Å². The van der Waals surface area contributed by atoms with Crippen molar-refractivity contribution in [1.82, 2.24) is 25.3 Å². The Morgan fingerprint density at radius 1 is 1.15 bits per heavy atom. The third-order valence-electron chi connectivity index (χ3n) is 7.82. The average Bonchev–Trinajstić information content (AvgIpc) is 3.72. The molecule has 6 rings (SSSR count). The first-order chi connectivity index (χ1) is 19.6. The summed E-state index contributed by atoms with van der Waals surface area (Å²) in [6, 6.07) is 0. The van der Waals surface area contributed by atoms with Crippen LogP contribution in [0.1, 0.15) is 61.5 Å². The molecule has 2 aromatic rings. The van der Waals surface area contributed by atoms with Gasteiger partial charge in [-0.2, -0.15) is 4.98 Å². The molecule has 218 valence electrons. The Morgan fingerprint density at radius 2 is 1.90 bits per heavy atom. The van der Waals surface area contributed by atoms with E-state index in [2.05, 4.69) is 26.3 Å². The van der Waals surface area contributed by atoms with Crippen molar-refractivity contribution < 1.29 is 18.5 Å². The van der Waals surface area contributed by atoms with Gasteiger partial charge in [-0.25, -0.2) is 19.7 Å². The SMILES string of the molecule is O=C(NC(=O)C(Cl)(Cl)Cl)OCC1(Nc2nc(N3CC=C(c4ncc(C5CC5)cn4)CC3)nc3c2[S@](=O)CC3)CCC1. The van der Waals surface area contributed by atoms with Gasteiger partial charge in [0.05, 0.1) is 22.0 Å². The highest BCUT2D eigenvalue weighted by atomic mass is 35.6. The van der Waals surface area contributed by atoms with Crippen LogP contribution >= 0.6 is 34.8 Å². The zero-order valence-corrected chi connectivity index (χ0v) is 25.1. The number of imide groups is 1. The number of fused-ring (bicyclic) bond motifs is 1. The maximum Gasteiger partial charge on any atom is 0.414 e. The number of amides is 2. The van der Waals surface area contributed by atoms with Crippen molar-refractivity contribution in [2.75, 3.05) is 35.7 Å². The highest BCUT2D eigenvalue weighted by molar-refractivity contribution is 7.85. The van der Waals surface area contributed by atoms with Crippen LogP contribution in [0.25, 0.3) is 5.57 Å². The number of rotatable bonds is 7. The molecule has 1 atom stereocenters. The Kier molecular flexibility index (Phi) is 7.86. The fourth-order valence-electron chi connectivity index (χ4n) is 5.16. The molecule has 2 aromatic heterocycles. The molecule has 2 N–H and O–H groups in total. The van der Waals surface area contributed by atoms with Gasteiger partial charge in [-0.1, -0.05) is 40.9 Å². The summed E-state index contributed by atoms with van der Waals surface area (Å²) >= 11 is 16.5. The standard InChI is InChI=1S/C26H28Cl3N7O4S/c27-26(28,29)22(37)34-24(38)40-14-25(7-1-8-25)35-21-19-18(6-11-41(19)39)32-23(33-21)36-9-4-16(5-10-36)20-30-12-17(13-31-20)15-2-3-15/h4,12-13,15H,1-3,5-11,14H2,(H,32,33,35)(H,34,37,38)/t41-/m1/s1. The zero-order valence-electron chi connectivity index (χ0n) is 22.0.